The van der Waals surface area contributed by atoms with E-state index in [4.69, 9.17) is 14.4 Å². The summed E-state index contributed by atoms with van der Waals surface area (Å²) in [7, 11) is 0. The lowest BCUT2D eigenvalue weighted by Crippen LogP contribution is -2.04. The van der Waals surface area contributed by atoms with Crippen molar-refractivity contribution in [2.45, 2.75) is 25.9 Å². The average molecular weight is 317 g/mol. The van der Waals surface area contributed by atoms with Gasteiger partial charge < -0.3 is 9.15 Å². The van der Waals surface area contributed by atoms with Crippen molar-refractivity contribution in [3.8, 4) is 11.8 Å². The standard InChI is InChI=1S/C20H15NO3/c21-11-13-4-6-17(7-5-13)23-12-16-10-20(22)24-19-9-15-3-1-2-14(15)8-18(16)19/h4-10H,1-3,12H2. The zero-order valence-electron chi connectivity index (χ0n) is 13.0. The van der Waals surface area contributed by atoms with Crippen molar-refractivity contribution in [3.05, 3.63) is 75.1 Å². The molecule has 4 nitrogen and oxygen atoms in total. The Morgan fingerprint density at radius 3 is 2.58 bits per heavy atom. The summed E-state index contributed by atoms with van der Waals surface area (Å²) in [5, 5.41) is 9.76. The second-order valence-electron chi connectivity index (χ2n) is 5.99. The molecule has 0 spiro atoms. The highest BCUT2D eigenvalue weighted by Gasteiger charge is 2.15. The van der Waals surface area contributed by atoms with Crippen LogP contribution in [0.2, 0.25) is 0 Å². The first-order valence-electron chi connectivity index (χ1n) is 7.94. The number of fused-ring (bicyclic) bond motifs is 2. The lowest BCUT2D eigenvalue weighted by atomic mass is 10.0. The van der Waals surface area contributed by atoms with Crippen molar-refractivity contribution >= 4 is 11.0 Å². The normalized spacial score (nSPS) is 12.8. The zero-order valence-corrected chi connectivity index (χ0v) is 13.0. The molecule has 118 valence electrons. The molecule has 0 aliphatic heterocycles. The van der Waals surface area contributed by atoms with E-state index in [2.05, 4.69) is 12.1 Å². The Morgan fingerprint density at radius 2 is 1.83 bits per heavy atom. The van der Waals surface area contributed by atoms with E-state index in [9.17, 15) is 4.79 Å². The van der Waals surface area contributed by atoms with Crippen molar-refractivity contribution in [1.82, 2.24) is 0 Å². The molecule has 0 bridgehead atoms. The first-order chi connectivity index (χ1) is 11.7. The molecule has 4 rings (SSSR count). The van der Waals surface area contributed by atoms with Gasteiger partial charge >= 0.3 is 5.63 Å². The van der Waals surface area contributed by atoms with Crippen LogP contribution in [0, 0.1) is 11.3 Å². The summed E-state index contributed by atoms with van der Waals surface area (Å²) >= 11 is 0. The third-order valence-corrected chi connectivity index (χ3v) is 4.42. The van der Waals surface area contributed by atoms with E-state index in [1.54, 1.807) is 24.3 Å². The highest BCUT2D eigenvalue weighted by molar-refractivity contribution is 5.82. The molecule has 24 heavy (non-hydrogen) atoms. The Labute approximate surface area is 138 Å². The third-order valence-electron chi connectivity index (χ3n) is 4.42. The third kappa shape index (κ3) is 2.65. The van der Waals surface area contributed by atoms with E-state index < -0.39 is 0 Å². The highest BCUT2D eigenvalue weighted by atomic mass is 16.5. The summed E-state index contributed by atoms with van der Waals surface area (Å²) in [6, 6.07) is 14.6. The first-order valence-corrected chi connectivity index (χ1v) is 7.94. The average Bonchev–Trinajstić information content (AvgIpc) is 3.05. The molecule has 0 fully saturated rings. The summed E-state index contributed by atoms with van der Waals surface area (Å²) in [6.07, 6.45) is 3.26. The van der Waals surface area contributed by atoms with Crippen molar-refractivity contribution in [1.29, 1.82) is 5.26 Å². The number of rotatable bonds is 3. The molecule has 0 atom stereocenters. The van der Waals surface area contributed by atoms with Crippen molar-refractivity contribution in [2.75, 3.05) is 0 Å². The fourth-order valence-electron chi connectivity index (χ4n) is 3.20. The van der Waals surface area contributed by atoms with Gasteiger partial charge in [0.15, 0.2) is 0 Å². The largest absolute Gasteiger partial charge is 0.489 e. The molecule has 4 heteroatoms. The maximum atomic E-state index is 11.8. The number of hydrogen-bond donors (Lipinski definition) is 0. The summed E-state index contributed by atoms with van der Waals surface area (Å²) in [5.41, 5.74) is 4.27. The van der Waals surface area contributed by atoms with E-state index in [-0.39, 0.29) is 12.2 Å². The minimum atomic E-state index is -0.362. The van der Waals surface area contributed by atoms with Gasteiger partial charge in [0.2, 0.25) is 0 Å². The van der Waals surface area contributed by atoms with Crippen LogP contribution in [0.5, 0.6) is 5.75 Å². The van der Waals surface area contributed by atoms with Crippen LogP contribution in [0.15, 0.2) is 51.7 Å². The van der Waals surface area contributed by atoms with Gasteiger partial charge in [-0.15, -0.1) is 0 Å². The molecule has 3 aromatic rings. The number of nitriles is 1. The first kappa shape index (κ1) is 14.5. The van der Waals surface area contributed by atoms with Gasteiger partial charge in [0.1, 0.15) is 17.9 Å². The fraction of sp³-hybridized carbons (Fsp3) is 0.200. The van der Waals surface area contributed by atoms with Crippen LogP contribution in [-0.4, -0.2) is 0 Å². The Morgan fingerprint density at radius 1 is 1.08 bits per heavy atom. The van der Waals surface area contributed by atoms with Gasteiger partial charge in [-0.05, 0) is 66.8 Å². The highest BCUT2D eigenvalue weighted by Crippen LogP contribution is 2.29. The van der Waals surface area contributed by atoms with E-state index >= 15 is 0 Å². The predicted molar refractivity (Wildman–Crippen MR) is 90.0 cm³/mol. The van der Waals surface area contributed by atoms with Crippen LogP contribution >= 0.6 is 0 Å². The van der Waals surface area contributed by atoms with E-state index in [0.29, 0.717) is 16.9 Å². The molecule has 0 radical (unpaired) electrons. The summed E-state index contributed by atoms with van der Waals surface area (Å²) in [6.45, 7) is 0.285. The molecule has 0 amide bonds. The topological polar surface area (TPSA) is 63.2 Å². The lowest BCUT2D eigenvalue weighted by molar-refractivity contribution is 0.306. The maximum absolute atomic E-state index is 11.8. The van der Waals surface area contributed by atoms with Gasteiger partial charge in [-0.3, -0.25) is 0 Å². The Hall–Kier alpha value is -3.06. The molecule has 1 heterocycles. The summed E-state index contributed by atoms with van der Waals surface area (Å²) in [5.74, 6) is 0.663. The zero-order chi connectivity index (χ0) is 16.5. The molecule has 0 saturated carbocycles. The van der Waals surface area contributed by atoms with Crippen LogP contribution in [0.1, 0.15) is 28.7 Å². The second kappa shape index (κ2) is 5.86. The Balaban J connectivity index is 1.68. The number of aryl methyl sites for hydroxylation is 2. The second-order valence-corrected chi connectivity index (χ2v) is 5.99. The van der Waals surface area contributed by atoms with Gasteiger partial charge in [-0.2, -0.15) is 5.26 Å². The molecule has 1 aliphatic carbocycles. The molecule has 0 unspecified atom stereocenters. The van der Waals surface area contributed by atoms with Gasteiger partial charge in [-0.1, -0.05) is 0 Å². The fourth-order valence-corrected chi connectivity index (χ4v) is 3.20. The van der Waals surface area contributed by atoms with Crippen molar-refractivity contribution in [2.24, 2.45) is 0 Å². The van der Waals surface area contributed by atoms with Crippen molar-refractivity contribution in [3.63, 3.8) is 0 Å². The SMILES string of the molecule is N#Cc1ccc(OCc2cc(=O)oc3cc4c(cc23)CCC4)cc1. The maximum Gasteiger partial charge on any atom is 0.336 e. The Kier molecular flexibility index (Phi) is 3.55. The minimum absolute atomic E-state index is 0.285. The van der Waals surface area contributed by atoms with Crippen LogP contribution in [0.3, 0.4) is 0 Å². The van der Waals surface area contributed by atoms with Gasteiger partial charge in [0, 0.05) is 17.0 Å². The van der Waals surface area contributed by atoms with Crippen molar-refractivity contribution < 1.29 is 9.15 Å². The van der Waals surface area contributed by atoms with Gasteiger partial charge in [0.05, 0.1) is 11.6 Å². The van der Waals surface area contributed by atoms with Crippen LogP contribution in [0.4, 0.5) is 0 Å². The Bertz CT molecular complexity index is 1010. The smallest absolute Gasteiger partial charge is 0.336 e. The van der Waals surface area contributed by atoms with Crippen LogP contribution < -0.4 is 10.4 Å². The number of nitrogens with zero attached hydrogens (tertiary/aromatic N) is 1. The lowest BCUT2D eigenvalue weighted by Gasteiger charge is -2.10. The van der Waals surface area contributed by atoms with Crippen LogP contribution in [0.25, 0.3) is 11.0 Å². The monoisotopic (exact) mass is 317 g/mol. The number of benzene rings is 2. The quantitative estimate of drug-likeness (QED) is 0.690. The molecule has 2 aromatic carbocycles. The van der Waals surface area contributed by atoms with E-state index in [0.717, 1.165) is 30.2 Å². The molecular weight excluding hydrogens is 302 g/mol. The number of hydrogen-bond acceptors (Lipinski definition) is 4. The molecular formula is C20H15NO3. The molecule has 1 aromatic heterocycles. The molecule has 0 saturated heterocycles. The summed E-state index contributed by atoms with van der Waals surface area (Å²) < 4.78 is 11.1. The van der Waals surface area contributed by atoms with Gasteiger partial charge in [0.25, 0.3) is 0 Å². The summed E-state index contributed by atoms with van der Waals surface area (Å²) in [4.78, 5) is 11.8. The predicted octanol–water partition coefficient (Wildman–Crippen LogP) is 3.73. The van der Waals surface area contributed by atoms with Gasteiger partial charge in [-0.25, -0.2) is 4.79 Å². The molecule has 1 aliphatic rings. The van der Waals surface area contributed by atoms with E-state index in [1.165, 1.54) is 17.2 Å². The van der Waals surface area contributed by atoms with E-state index in [1.807, 2.05) is 6.07 Å². The number of ether oxygens (including phenoxy) is 1. The minimum Gasteiger partial charge on any atom is -0.489 e. The van der Waals surface area contributed by atoms with Crippen LogP contribution in [-0.2, 0) is 19.4 Å². The molecule has 0 N–H and O–H groups in total.